The molecule has 0 bridgehead atoms. The number of rotatable bonds is 1. The van der Waals surface area contributed by atoms with Crippen LogP contribution in [-0.2, 0) is 0 Å². The Labute approximate surface area is 98.2 Å². The van der Waals surface area contributed by atoms with Crippen molar-refractivity contribution in [3.05, 3.63) is 5.82 Å². The molecule has 0 aromatic carbocycles. The summed E-state index contributed by atoms with van der Waals surface area (Å²) in [4.78, 5) is 13.0. The molecular formula is C3H2KN3O3. The van der Waals surface area contributed by atoms with Crippen LogP contribution in [0.2, 0.25) is 0 Å². The van der Waals surface area contributed by atoms with Gasteiger partial charge in [-0.15, -0.1) is 0 Å². The topological polar surface area (TPSA) is 105 Å². The average molecular weight is 167 g/mol. The van der Waals surface area contributed by atoms with Crippen molar-refractivity contribution in [2.24, 2.45) is 0 Å². The largest absolute Gasteiger partial charge is 1.00 e. The first-order chi connectivity index (χ1) is 4.20. The van der Waals surface area contributed by atoms with Gasteiger partial charge in [0.2, 0.25) is 5.82 Å². The van der Waals surface area contributed by atoms with Crippen LogP contribution in [0.15, 0.2) is 4.52 Å². The Kier molecular flexibility index (Phi) is 4.05. The van der Waals surface area contributed by atoms with Gasteiger partial charge in [-0.3, -0.25) is 0 Å². The number of nitrogen functional groups attached to an aromatic ring is 1. The maximum atomic E-state index is 9.86. The zero-order chi connectivity index (χ0) is 6.85. The van der Waals surface area contributed by atoms with Gasteiger partial charge in [-0.25, -0.2) is 0 Å². The smallest absolute Gasteiger partial charge is 0.541 e. The summed E-state index contributed by atoms with van der Waals surface area (Å²) in [6.45, 7) is 0. The Hall–Kier alpha value is 0.0464. The predicted molar refractivity (Wildman–Crippen MR) is 23.0 cm³/mol. The summed E-state index contributed by atoms with van der Waals surface area (Å²) in [5.41, 5.74) is 4.88. The third-order valence-electron chi connectivity index (χ3n) is 0.624. The molecule has 0 atom stereocenters. The monoisotopic (exact) mass is 167 g/mol. The number of carbonyl (C=O) groups is 1. The van der Waals surface area contributed by atoms with Crippen LogP contribution in [0, 0.1) is 0 Å². The van der Waals surface area contributed by atoms with Gasteiger partial charge in [-0.05, 0) is 0 Å². The zero-order valence-corrected chi connectivity index (χ0v) is 8.32. The van der Waals surface area contributed by atoms with Crippen molar-refractivity contribution in [2.45, 2.75) is 0 Å². The molecule has 0 unspecified atom stereocenters. The van der Waals surface area contributed by atoms with Gasteiger partial charge in [-0.2, -0.15) is 4.98 Å². The Morgan fingerprint density at radius 1 is 1.70 bits per heavy atom. The number of hydrogen-bond donors (Lipinski definition) is 1. The van der Waals surface area contributed by atoms with Crippen molar-refractivity contribution >= 4 is 12.0 Å². The summed E-state index contributed by atoms with van der Waals surface area (Å²) in [6, 6.07) is -0.283. The van der Waals surface area contributed by atoms with Crippen LogP contribution in [0.3, 0.4) is 0 Å². The van der Waals surface area contributed by atoms with E-state index >= 15 is 0 Å². The van der Waals surface area contributed by atoms with Gasteiger partial charge in [0, 0.05) is 0 Å². The van der Waals surface area contributed by atoms with E-state index in [1.165, 1.54) is 0 Å². The summed E-state index contributed by atoms with van der Waals surface area (Å²) >= 11 is 0. The fraction of sp³-hybridized carbons (Fsp3) is 0. The Bertz CT molecular complexity index is 235. The second-order valence-electron chi connectivity index (χ2n) is 1.24. The molecule has 0 saturated carbocycles. The van der Waals surface area contributed by atoms with Gasteiger partial charge in [-0.1, -0.05) is 5.16 Å². The minimum absolute atomic E-state index is 0. The van der Waals surface area contributed by atoms with E-state index in [0.717, 1.165) is 0 Å². The van der Waals surface area contributed by atoms with Gasteiger partial charge < -0.3 is 20.2 Å². The molecule has 2 N–H and O–H groups in total. The number of carboxylic acids is 1. The summed E-state index contributed by atoms with van der Waals surface area (Å²) in [6.07, 6.45) is 0. The molecule has 10 heavy (non-hydrogen) atoms. The summed E-state index contributed by atoms with van der Waals surface area (Å²) in [7, 11) is 0. The van der Waals surface area contributed by atoms with Gasteiger partial charge in [0.25, 0.3) is 0 Å². The molecule has 1 heterocycles. The fourth-order valence-corrected chi connectivity index (χ4v) is 0.318. The molecule has 0 saturated heterocycles. The maximum Gasteiger partial charge on any atom is 1.00 e. The molecule has 1 aromatic heterocycles. The molecule has 0 aliphatic heterocycles. The van der Waals surface area contributed by atoms with Gasteiger partial charge >= 0.3 is 57.4 Å². The third-order valence-corrected chi connectivity index (χ3v) is 0.624. The molecule has 0 aliphatic carbocycles. The number of hydrogen-bond acceptors (Lipinski definition) is 6. The van der Waals surface area contributed by atoms with E-state index in [4.69, 9.17) is 5.73 Å². The first kappa shape index (κ1) is 10.0. The molecule has 6 nitrogen and oxygen atoms in total. The first-order valence-corrected chi connectivity index (χ1v) is 2.00. The van der Waals surface area contributed by atoms with Crippen molar-refractivity contribution in [1.82, 2.24) is 10.1 Å². The number of nitrogens with two attached hydrogens (primary N) is 1. The van der Waals surface area contributed by atoms with E-state index in [2.05, 4.69) is 14.7 Å². The predicted octanol–water partition coefficient (Wildman–Crippen LogP) is -4.98. The summed E-state index contributed by atoms with van der Waals surface area (Å²) < 4.78 is 4.12. The molecule has 48 valence electrons. The van der Waals surface area contributed by atoms with Crippen LogP contribution in [0.4, 0.5) is 6.01 Å². The van der Waals surface area contributed by atoms with Crippen molar-refractivity contribution in [1.29, 1.82) is 0 Å². The Morgan fingerprint density at radius 2 is 2.30 bits per heavy atom. The van der Waals surface area contributed by atoms with Crippen LogP contribution in [0.1, 0.15) is 10.6 Å². The second-order valence-corrected chi connectivity index (χ2v) is 1.24. The molecule has 7 heteroatoms. The maximum absolute atomic E-state index is 9.86. The van der Waals surface area contributed by atoms with Crippen LogP contribution in [0.25, 0.3) is 0 Å². The van der Waals surface area contributed by atoms with E-state index in [1.807, 2.05) is 0 Å². The van der Waals surface area contributed by atoms with E-state index in [9.17, 15) is 9.90 Å². The number of aromatic carboxylic acids is 1. The van der Waals surface area contributed by atoms with Crippen LogP contribution in [0.5, 0.6) is 0 Å². The van der Waals surface area contributed by atoms with Crippen molar-refractivity contribution < 1.29 is 65.8 Å². The fourth-order valence-electron chi connectivity index (χ4n) is 0.318. The number of aromatic nitrogens is 2. The molecule has 0 aliphatic rings. The summed E-state index contributed by atoms with van der Waals surface area (Å²) in [5.74, 6) is -2.04. The van der Waals surface area contributed by atoms with Crippen molar-refractivity contribution in [3.8, 4) is 0 Å². The quantitative estimate of drug-likeness (QED) is 0.420. The van der Waals surface area contributed by atoms with Crippen LogP contribution < -0.4 is 62.2 Å². The van der Waals surface area contributed by atoms with Crippen molar-refractivity contribution in [3.63, 3.8) is 0 Å². The van der Waals surface area contributed by atoms with Gasteiger partial charge in [0.1, 0.15) is 5.97 Å². The molecule has 0 spiro atoms. The zero-order valence-electron chi connectivity index (χ0n) is 5.20. The molecule has 1 rings (SSSR count). The second kappa shape index (κ2) is 4.04. The van der Waals surface area contributed by atoms with Gasteiger partial charge in [0.15, 0.2) is 0 Å². The normalized spacial score (nSPS) is 8.40. The van der Waals surface area contributed by atoms with E-state index in [1.54, 1.807) is 0 Å². The van der Waals surface area contributed by atoms with Crippen LogP contribution >= 0.6 is 0 Å². The minimum atomic E-state index is -1.50. The van der Waals surface area contributed by atoms with E-state index < -0.39 is 11.8 Å². The number of nitrogens with zero attached hydrogens (tertiary/aromatic N) is 2. The number of carbonyl (C=O) groups excluding carboxylic acids is 1. The molecule has 0 amide bonds. The van der Waals surface area contributed by atoms with E-state index in [-0.39, 0.29) is 57.4 Å². The third kappa shape index (κ3) is 2.35. The van der Waals surface area contributed by atoms with Gasteiger partial charge in [0.05, 0.1) is 0 Å². The van der Waals surface area contributed by atoms with Crippen molar-refractivity contribution in [2.75, 3.05) is 5.73 Å². The SMILES string of the molecule is Nc1nc(C(=O)[O-])no1.[K+]. The molecular weight excluding hydrogens is 165 g/mol. The first-order valence-electron chi connectivity index (χ1n) is 2.00. The summed E-state index contributed by atoms with van der Waals surface area (Å²) in [5, 5.41) is 12.8. The molecule has 0 fully saturated rings. The Morgan fingerprint density at radius 3 is 2.50 bits per heavy atom. The number of carboxylic acid groups (broad SMARTS) is 1. The standard InChI is InChI=1S/C3H3N3O3.K/c4-3-5-1(2(7)8)6-9-3;/h(H,7,8)(H2,4,5,6);/q;+1/p-1. The molecule has 1 aromatic rings. The van der Waals surface area contributed by atoms with E-state index in [0.29, 0.717) is 0 Å². The average Bonchev–Trinajstić information content (AvgIpc) is 2.14. The molecule has 0 radical (unpaired) electrons. The number of anilines is 1. The van der Waals surface area contributed by atoms with Crippen LogP contribution in [-0.4, -0.2) is 16.1 Å². The minimum Gasteiger partial charge on any atom is -0.541 e. The Balaban J connectivity index is 0.000000810.